The maximum absolute atomic E-state index is 12.6. The average molecular weight is 242 g/mol. The highest BCUT2D eigenvalue weighted by atomic mass is 19.3. The lowest BCUT2D eigenvalue weighted by Crippen LogP contribution is -2.43. The molecule has 0 amide bonds. The maximum Gasteiger partial charge on any atom is 0.316 e. The molecule has 0 spiro atoms. The maximum atomic E-state index is 12.6. The van der Waals surface area contributed by atoms with Crippen LogP contribution in [-0.2, 0) is 5.41 Å². The molecule has 1 aromatic heterocycles. The number of hydrogen-bond donors (Lipinski definition) is 0. The lowest BCUT2D eigenvalue weighted by Gasteiger charge is -2.34. The topological polar surface area (TPSA) is 35.0 Å². The molecule has 0 aromatic carbocycles. The van der Waals surface area contributed by atoms with Gasteiger partial charge in [0.1, 0.15) is 6.10 Å². The molecule has 0 atom stereocenters. The summed E-state index contributed by atoms with van der Waals surface area (Å²) in [4.78, 5) is 8.07. The molecule has 1 aromatic rings. The van der Waals surface area contributed by atoms with Gasteiger partial charge >= 0.3 is 6.01 Å². The van der Waals surface area contributed by atoms with E-state index in [0.29, 0.717) is 0 Å². The minimum absolute atomic E-state index is 0.0258. The Morgan fingerprint density at radius 3 is 2.18 bits per heavy atom. The molecule has 0 radical (unpaired) electrons. The van der Waals surface area contributed by atoms with E-state index in [2.05, 4.69) is 30.7 Å². The highest BCUT2D eigenvalue weighted by Gasteiger charge is 2.47. The van der Waals surface area contributed by atoms with Crippen LogP contribution in [0.5, 0.6) is 6.01 Å². The second-order valence-electron chi connectivity index (χ2n) is 5.51. The van der Waals surface area contributed by atoms with Crippen LogP contribution >= 0.6 is 0 Å². The smallest absolute Gasteiger partial charge is 0.316 e. The van der Waals surface area contributed by atoms with Gasteiger partial charge in [0.15, 0.2) is 0 Å². The van der Waals surface area contributed by atoms with Gasteiger partial charge < -0.3 is 4.74 Å². The van der Waals surface area contributed by atoms with Crippen molar-refractivity contribution in [3.05, 3.63) is 18.0 Å². The Balaban J connectivity index is 1.96. The summed E-state index contributed by atoms with van der Waals surface area (Å²) in [6.07, 6.45) is 2.43. The Bertz CT molecular complexity index is 390. The van der Waals surface area contributed by atoms with Crippen LogP contribution in [0.2, 0.25) is 0 Å². The van der Waals surface area contributed by atoms with Crippen molar-refractivity contribution in [2.24, 2.45) is 0 Å². The Morgan fingerprint density at radius 1 is 1.24 bits per heavy atom. The summed E-state index contributed by atoms with van der Waals surface area (Å²) in [6.45, 7) is 6.16. The van der Waals surface area contributed by atoms with E-state index < -0.39 is 12.0 Å². The molecule has 3 nitrogen and oxygen atoms in total. The van der Waals surface area contributed by atoms with Gasteiger partial charge in [0, 0.05) is 25.2 Å². The summed E-state index contributed by atoms with van der Waals surface area (Å²) < 4.78 is 30.4. The number of ether oxygens (including phenoxy) is 1. The van der Waals surface area contributed by atoms with Crippen molar-refractivity contribution in [1.82, 2.24) is 9.97 Å². The first-order chi connectivity index (χ1) is 7.76. The first-order valence-electron chi connectivity index (χ1n) is 5.63. The van der Waals surface area contributed by atoms with Gasteiger partial charge in [0.25, 0.3) is 5.92 Å². The molecule has 1 heterocycles. The quantitative estimate of drug-likeness (QED) is 0.799. The van der Waals surface area contributed by atoms with E-state index in [4.69, 9.17) is 4.74 Å². The molecular formula is C12H16F2N2O. The first-order valence-corrected chi connectivity index (χ1v) is 5.63. The van der Waals surface area contributed by atoms with Gasteiger partial charge in [-0.1, -0.05) is 20.8 Å². The minimum atomic E-state index is -2.57. The SMILES string of the molecule is CC(C)(C)c1cnc(OC2CC(F)(F)C2)nc1. The van der Waals surface area contributed by atoms with Crippen LogP contribution in [0.4, 0.5) is 8.78 Å². The first kappa shape index (κ1) is 12.2. The number of hydrogen-bond acceptors (Lipinski definition) is 3. The van der Waals surface area contributed by atoms with Gasteiger partial charge in [-0.3, -0.25) is 0 Å². The fourth-order valence-corrected chi connectivity index (χ4v) is 1.60. The van der Waals surface area contributed by atoms with Gasteiger partial charge in [0.05, 0.1) is 0 Å². The van der Waals surface area contributed by atoms with Crippen molar-refractivity contribution in [3.63, 3.8) is 0 Å². The zero-order chi connectivity index (χ0) is 12.7. The summed E-state index contributed by atoms with van der Waals surface area (Å²) in [6, 6.07) is 0.179. The van der Waals surface area contributed by atoms with Gasteiger partial charge in [-0.05, 0) is 11.0 Å². The minimum Gasteiger partial charge on any atom is -0.460 e. The molecule has 0 aliphatic heterocycles. The molecule has 0 N–H and O–H groups in total. The van der Waals surface area contributed by atoms with E-state index in [0.717, 1.165) is 5.56 Å². The number of aromatic nitrogens is 2. The fraction of sp³-hybridized carbons (Fsp3) is 0.667. The molecule has 0 saturated heterocycles. The van der Waals surface area contributed by atoms with Gasteiger partial charge in [-0.25, -0.2) is 18.7 Å². The molecule has 1 aliphatic rings. The van der Waals surface area contributed by atoms with Crippen LogP contribution in [0, 0.1) is 0 Å². The van der Waals surface area contributed by atoms with Crippen molar-refractivity contribution >= 4 is 0 Å². The van der Waals surface area contributed by atoms with Crippen molar-refractivity contribution in [2.45, 2.75) is 51.1 Å². The number of halogens is 2. The number of rotatable bonds is 2. The van der Waals surface area contributed by atoms with E-state index in [-0.39, 0.29) is 24.3 Å². The predicted molar refractivity (Wildman–Crippen MR) is 59.3 cm³/mol. The Hall–Kier alpha value is -1.26. The van der Waals surface area contributed by atoms with Gasteiger partial charge in [-0.2, -0.15) is 0 Å². The molecule has 17 heavy (non-hydrogen) atoms. The third-order valence-electron chi connectivity index (χ3n) is 2.82. The molecule has 1 aliphatic carbocycles. The average Bonchev–Trinajstić information content (AvgIpc) is 2.14. The van der Waals surface area contributed by atoms with Crippen LogP contribution in [0.1, 0.15) is 39.2 Å². The monoisotopic (exact) mass is 242 g/mol. The van der Waals surface area contributed by atoms with Crippen LogP contribution in [0.3, 0.4) is 0 Å². The van der Waals surface area contributed by atoms with Crippen molar-refractivity contribution in [1.29, 1.82) is 0 Å². The van der Waals surface area contributed by atoms with Crippen LogP contribution in [0.25, 0.3) is 0 Å². The molecule has 0 bridgehead atoms. The van der Waals surface area contributed by atoms with E-state index in [9.17, 15) is 8.78 Å². The molecule has 0 unspecified atom stereocenters. The summed E-state index contributed by atoms with van der Waals surface area (Å²) in [7, 11) is 0. The normalized spacial score (nSPS) is 19.8. The number of alkyl halides is 2. The lowest BCUT2D eigenvalue weighted by atomic mass is 9.89. The summed E-state index contributed by atoms with van der Waals surface area (Å²) in [5.74, 6) is -2.57. The standard InChI is InChI=1S/C12H16F2N2O/c1-11(2,3)8-6-15-10(16-7-8)17-9-4-12(13,14)5-9/h6-7,9H,4-5H2,1-3H3. The fourth-order valence-electron chi connectivity index (χ4n) is 1.60. The van der Waals surface area contributed by atoms with Crippen LogP contribution in [0.15, 0.2) is 12.4 Å². The molecule has 2 rings (SSSR count). The van der Waals surface area contributed by atoms with Crippen LogP contribution < -0.4 is 4.74 Å². The van der Waals surface area contributed by atoms with Gasteiger partial charge in [0.2, 0.25) is 0 Å². The molecule has 1 fully saturated rings. The van der Waals surface area contributed by atoms with E-state index in [1.165, 1.54) is 0 Å². The van der Waals surface area contributed by atoms with E-state index >= 15 is 0 Å². The second-order valence-corrected chi connectivity index (χ2v) is 5.51. The van der Waals surface area contributed by atoms with Crippen molar-refractivity contribution in [2.75, 3.05) is 0 Å². The molecule has 5 heteroatoms. The second kappa shape index (κ2) is 3.89. The van der Waals surface area contributed by atoms with E-state index in [1.807, 2.05) is 0 Å². The predicted octanol–water partition coefficient (Wildman–Crippen LogP) is 2.95. The van der Waals surface area contributed by atoms with Gasteiger partial charge in [-0.15, -0.1) is 0 Å². The summed E-state index contributed by atoms with van der Waals surface area (Å²) in [5.41, 5.74) is 0.964. The summed E-state index contributed by atoms with van der Waals surface area (Å²) in [5, 5.41) is 0. The Kier molecular flexibility index (Phi) is 2.79. The van der Waals surface area contributed by atoms with Crippen LogP contribution in [-0.4, -0.2) is 22.0 Å². The zero-order valence-corrected chi connectivity index (χ0v) is 10.2. The third-order valence-corrected chi connectivity index (χ3v) is 2.82. The highest BCUT2D eigenvalue weighted by molar-refractivity contribution is 5.16. The highest BCUT2D eigenvalue weighted by Crippen LogP contribution is 2.39. The largest absolute Gasteiger partial charge is 0.460 e. The Morgan fingerprint density at radius 2 is 1.76 bits per heavy atom. The molecule has 1 saturated carbocycles. The van der Waals surface area contributed by atoms with E-state index in [1.54, 1.807) is 12.4 Å². The molecular weight excluding hydrogens is 226 g/mol. The number of nitrogens with zero attached hydrogens (tertiary/aromatic N) is 2. The Labute approximate surface area is 99.2 Å². The molecule has 94 valence electrons. The lowest BCUT2D eigenvalue weighted by molar-refractivity contribution is -0.136. The third kappa shape index (κ3) is 2.90. The summed E-state index contributed by atoms with van der Waals surface area (Å²) >= 11 is 0. The van der Waals surface area contributed by atoms with Crippen molar-refractivity contribution in [3.8, 4) is 6.01 Å². The van der Waals surface area contributed by atoms with Crippen molar-refractivity contribution < 1.29 is 13.5 Å². The zero-order valence-electron chi connectivity index (χ0n) is 10.2.